The molecule has 1 aromatic carbocycles. The summed E-state index contributed by atoms with van der Waals surface area (Å²) in [5, 5.41) is 11.5. The van der Waals surface area contributed by atoms with E-state index in [9.17, 15) is 4.79 Å². The summed E-state index contributed by atoms with van der Waals surface area (Å²) < 4.78 is 6.78. The highest BCUT2D eigenvalue weighted by Gasteiger charge is 2.25. The van der Waals surface area contributed by atoms with Crippen LogP contribution in [0.2, 0.25) is 0 Å². The third kappa shape index (κ3) is 3.62. The van der Waals surface area contributed by atoms with E-state index in [1.54, 1.807) is 0 Å². The highest BCUT2D eigenvalue weighted by Crippen LogP contribution is 2.35. The molecule has 1 atom stereocenters. The van der Waals surface area contributed by atoms with Gasteiger partial charge in [-0.15, -0.1) is 10.2 Å². The molecular formula is C14H18N4O2S. The molecule has 0 aliphatic heterocycles. The molecule has 112 valence electrons. The predicted octanol–water partition coefficient (Wildman–Crippen LogP) is 1.54. The number of nitrogens with zero attached hydrogens (tertiary/aromatic N) is 3. The zero-order valence-electron chi connectivity index (χ0n) is 12.2. The van der Waals surface area contributed by atoms with E-state index in [1.165, 1.54) is 18.9 Å². The third-order valence-corrected chi connectivity index (χ3v) is 4.27. The van der Waals surface area contributed by atoms with Crippen LogP contribution >= 0.6 is 11.8 Å². The molecule has 1 heterocycles. The Morgan fingerprint density at radius 1 is 1.38 bits per heavy atom. The standard InChI is InChI=1S/C14H18N4O2S/c1-15-9-11-16-17-14(18(11)2)21-12(13(19)20-3)10-7-5-4-6-8-10/h4-8,12,15H,9H2,1-3H3/t12-/m1/s1. The lowest BCUT2D eigenvalue weighted by Gasteiger charge is -2.14. The second kappa shape index (κ2) is 7.24. The fraction of sp³-hybridized carbons (Fsp3) is 0.357. The number of carbonyl (C=O) groups is 1. The Labute approximate surface area is 127 Å². The molecule has 1 aromatic heterocycles. The summed E-state index contributed by atoms with van der Waals surface area (Å²) in [4.78, 5) is 12.0. The third-order valence-electron chi connectivity index (χ3n) is 3.00. The van der Waals surface area contributed by atoms with Crippen molar-refractivity contribution in [1.29, 1.82) is 0 Å². The second-order valence-corrected chi connectivity index (χ2v) is 5.49. The van der Waals surface area contributed by atoms with Crippen molar-refractivity contribution in [3.05, 3.63) is 41.7 Å². The molecule has 0 aliphatic rings. The van der Waals surface area contributed by atoms with Gasteiger partial charge in [0, 0.05) is 7.05 Å². The fourth-order valence-corrected chi connectivity index (χ4v) is 2.90. The molecule has 0 bridgehead atoms. The van der Waals surface area contributed by atoms with Crippen LogP contribution in [-0.4, -0.2) is 34.9 Å². The molecule has 0 aliphatic carbocycles. The molecule has 2 rings (SSSR count). The van der Waals surface area contributed by atoms with Crippen molar-refractivity contribution < 1.29 is 9.53 Å². The molecule has 0 spiro atoms. The Balaban J connectivity index is 2.26. The number of hydrogen-bond donors (Lipinski definition) is 1. The summed E-state index contributed by atoms with van der Waals surface area (Å²) in [6, 6.07) is 9.51. The van der Waals surface area contributed by atoms with E-state index < -0.39 is 5.25 Å². The summed E-state index contributed by atoms with van der Waals surface area (Å²) in [5.74, 6) is 0.515. The van der Waals surface area contributed by atoms with E-state index >= 15 is 0 Å². The Bertz CT molecular complexity index is 600. The van der Waals surface area contributed by atoms with Gasteiger partial charge in [0.25, 0.3) is 0 Å². The van der Waals surface area contributed by atoms with Crippen molar-refractivity contribution in [1.82, 2.24) is 20.1 Å². The number of nitrogens with one attached hydrogen (secondary N) is 1. The number of rotatable bonds is 6. The largest absolute Gasteiger partial charge is 0.468 e. The zero-order valence-corrected chi connectivity index (χ0v) is 13.1. The van der Waals surface area contributed by atoms with Gasteiger partial charge >= 0.3 is 5.97 Å². The second-order valence-electron chi connectivity index (χ2n) is 4.42. The first-order valence-electron chi connectivity index (χ1n) is 6.49. The number of hydrogen-bond acceptors (Lipinski definition) is 6. The summed E-state index contributed by atoms with van der Waals surface area (Å²) in [5.41, 5.74) is 0.882. The summed E-state index contributed by atoms with van der Waals surface area (Å²) in [6.07, 6.45) is 0. The maximum absolute atomic E-state index is 12.0. The van der Waals surface area contributed by atoms with Gasteiger partial charge in [-0.1, -0.05) is 42.1 Å². The number of thioether (sulfide) groups is 1. The van der Waals surface area contributed by atoms with E-state index in [-0.39, 0.29) is 5.97 Å². The van der Waals surface area contributed by atoms with Crippen LogP contribution in [0.15, 0.2) is 35.5 Å². The molecule has 7 heteroatoms. The van der Waals surface area contributed by atoms with Crippen LogP contribution in [0.4, 0.5) is 0 Å². The Hall–Kier alpha value is -1.86. The Morgan fingerprint density at radius 2 is 2.10 bits per heavy atom. The van der Waals surface area contributed by atoms with Gasteiger partial charge in [0.15, 0.2) is 5.16 Å². The molecule has 21 heavy (non-hydrogen) atoms. The van der Waals surface area contributed by atoms with E-state index in [1.807, 2.05) is 49.0 Å². The quantitative estimate of drug-likeness (QED) is 0.645. The molecule has 0 fully saturated rings. The highest BCUT2D eigenvalue weighted by molar-refractivity contribution is 8.00. The highest BCUT2D eigenvalue weighted by atomic mass is 32.2. The van der Waals surface area contributed by atoms with Crippen molar-refractivity contribution in [3.63, 3.8) is 0 Å². The lowest BCUT2D eigenvalue weighted by molar-refractivity contribution is -0.140. The maximum atomic E-state index is 12.0. The van der Waals surface area contributed by atoms with E-state index in [2.05, 4.69) is 15.5 Å². The topological polar surface area (TPSA) is 69.0 Å². The first kappa shape index (κ1) is 15.5. The normalized spacial score (nSPS) is 12.1. The molecule has 0 saturated heterocycles. The zero-order chi connectivity index (χ0) is 15.2. The molecule has 6 nitrogen and oxygen atoms in total. The summed E-state index contributed by atoms with van der Waals surface area (Å²) in [6.45, 7) is 0.623. The molecular weight excluding hydrogens is 288 g/mol. The van der Waals surface area contributed by atoms with E-state index in [0.29, 0.717) is 11.7 Å². The summed E-state index contributed by atoms with van der Waals surface area (Å²) in [7, 11) is 5.12. The monoisotopic (exact) mass is 306 g/mol. The van der Waals surface area contributed by atoms with Gasteiger partial charge < -0.3 is 14.6 Å². The molecule has 0 amide bonds. The number of carbonyl (C=O) groups excluding carboxylic acids is 1. The van der Waals surface area contributed by atoms with Crippen LogP contribution < -0.4 is 5.32 Å². The average molecular weight is 306 g/mol. The minimum Gasteiger partial charge on any atom is -0.468 e. The maximum Gasteiger partial charge on any atom is 0.323 e. The lowest BCUT2D eigenvalue weighted by atomic mass is 10.1. The Morgan fingerprint density at radius 3 is 2.71 bits per heavy atom. The van der Waals surface area contributed by atoms with Gasteiger partial charge in [-0.25, -0.2) is 0 Å². The van der Waals surface area contributed by atoms with Crippen LogP contribution in [0.25, 0.3) is 0 Å². The average Bonchev–Trinajstić information content (AvgIpc) is 2.86. The number of esters is 1. The van der Waals surface area contributed by atoms with Gasteiger partial charge in [-0.05, 0) is 12.6 Å². The molecule has 0 saturated carbocycles. The number of ether oxygens (including phenoxy) is 1. The van der Waals surface area contributed by atoms with Crippen LogP contribution in [0.3, 0.4) is 0 Å². The van der Waals surface area contributed by atoms with Crippen LogP contribution in [0.5, 0.6) is 0 Å². The van der Waals surface area contributed by atoms with Gasteiger partial charge in [-0.3, -0.25) is 4.79 Å². The van der Waals surface area contributed by atoms with Crippen molar-refractivity contribution in [2.45, 2.75) is 17.0 Å². The minimum absolute atomic E-state index is 0.302. The molecule has 0 radical (unpaired) electrons. The van der Waals surface area contributed by atoms with Crippen LogP contribution in [0.1, 0.15) is 16.6 Å². The van der Waals surface area contributed by atoms with Crippen LogP contribution in [-0.2, 0) is 23.1 Å². The van der Waals surface area contributed by atoms with E-state index in [4.69, 9.17) is 4.74 Å². The van der Waals surface area contributed by atoms with E-state index in [0.717, 1.165) is 11.4 Å². The SMILES string of the molecule is CNCc1nnc(S[C@@H](C(=O)OC)c2ccccc2)n1C. The van der Waals surface area contributed by atoms with Crippen molar-refractivity contribution in [2.24, 2.45) is 7.05 Å². The number of benzene rings is 1. The van der Waals surface area contributed by atoms with Gasteiger partial charge in [0.1, 0.15) is 11.1 Å². The van der Waals surface area contributed by atoms with Crippen molar-refractivity contribution >= 4 is 17.7 Å². The predicted molar refractivity (Wildman–Crippen MR) is 80.8 cm³/mol. The van der Waals surface area contributed by atoms with Crippen LogP contribution in [0, 0.1) is 0 Å². The number of methoxy groups -OCH3 is 1. The van der Waals surface area contributed by atoms with Gasteiger partial charge in [-0.2, -0.15) is 0 Å². The Kier molecular flexibility index (Phi) is 5.35. The number of aromatic nitrogens is 3. The molecule has 0 unspecified atom stereocenters. The van der Waals surface area contributed by atoms with Crippen molar-refractivity contribution in [2.75, 3.05) is 14.2 Å². The van der Waals surface area contributed by atoms with Gasteiger partial charge in [0.2, 0.25) is 0 Å². The van der Waals surface area contributed by atoms with Crippen molar-refractivity contribution in [3.8, 4) is 0 Å². The minimum atomic E-state index is -0.457. The first-order valence-corrected chi connectivity index (χ1v) is 7.37. The molecule has 1 N–H and O–H groups in total. The lowest BCUT2D eigenvalue weighted by Crippen LogP contribution is -2.13. The fourth-order valence-electron chi connectivity index (χ4n) is 1.85. The summed E-state index contributed by atoms with van der Waals surface area (Å²) >= 11 is 1.33. The van der Waals surface area contributed by atoms with Gasteiger partial charge in [0.05, 0.1) is 13.7 Å². The smallest absolute Gasteiger partial charge is 0.323 e. The first-order chi connectivity index (χ1) is 10.2. The molecule has 2 aromatic rings.